The summed E-state index contributed by atoms with van der Waals surface area (Å²) in [6, 6.07) is 6.06. The highest BCUT2D eigenvalue weighted by molar-refractivity contribution is 5.96. The van der Waals surface area contributed by atoms with Crippen LogP contribution in [0, 0.1) is 0 Å². The summed E-state index contributed by atoms with van der Waals surface area (Å²) >= 11 is 0. The highest BCUT2D eigenvalue weighted by Gasteiger charge is 2.13. The van der Waals surface area contributed by atoms with E-state index in [0.717, 1.165) is 0 Å². The summed E-state index contributed by atoms with van der Waals surface area (Å²) in [5.74, 6) is -0.634. The lowest BCUT2D eigenvalue weighted by Crippen LogP contribution is -2.28. The minimum absolute atomic E-state index is 0.0901. The van der Waals surface area contributed by atoms with Crippen molar-refractivity contribution in [3.05, 3.63) is 52.9 Å². The Kier molecular flexibility index (Phi) is 4.73. The maximum Gasteiger partial charge on any atom is 0.349 e. The molecule has 0 spiro atoms. The Morgan fingerprint density at radius 3 is 2.82 bits per heavy atom. The van der Waals surface area contributed by atoms with Crippen LogP contribution in [0.4, 0.5) is 0 Å². The normalized spacial score (nSPS) is 10.2. The Hall–Kier alpha value is -2.89. The minimum atomic E-state index is -0.756. The molecule has 2 aromatic rings. The summed E-state index contributed by atoms with van der Waals surface area (Å²) in [5, 5.41) is 3.07. The standard InChI is InChI=1S/C16H15NO5/c1-3-7-17-15(19)12-8-10-5-6-11(21-14(18)4-2)9-13(10)22-16(12)20/h3,5-6,8-9H,1,4,7H2,2H3,(H,17,19). The van der Waals surface area contributed by atoms with Gasteiger partial charge in [-0.15, -0.1) is 6.58 Å². The number of carbonyl (C=O) groups is 2. The van der Waals surface area contributed by atoms with Crippen LogP contribution in [0.1, 0.15) is 23.7 Å². The number of hydrogen-bond acceptors (Lipinski definition) is 5. The van der Waals surface area contributed by atoms with Gasteiger partial charge in [0.2, 0.25) is 0 Å². The van der Waals surface area contributed by atoms with Gasteiger partial charge in [0.1, 0.15) is 16.9 Å². The van der Waals surface area contributed by atoms with Crippen LogP contribution in [-0.2, 0) is 4.79 Å². The molecule has 22 heavy (non-hydrogen) atoms. The van der Waals surface area contributed by atoms with E-state index in [0.29, 0.717) is 5.39 Å². The van der Waals surface area contributed by atoms with Gasteiger partial charge in [-0.1, -0.05) is 13.0 Å². The summed E-state index contributed by atoms with van der Waals surface area (Å²) in [4.78, 5) is 34.9. The lowest BCUT2D eigenvalue weighted by atomic mass is 10.1. The molecule has 0 unspecified atom stereocenters. The molecule has 0 radical (unpaired) electrons. The molecule has 0 aliphatic heterocycles. The molecular weight excluding hydrogens is 286 g/mol. The average molecular weight is 301 g/mol. The van der Waals surface area contributed by atoms with E-state index < -0.39 is 11.5 Å². The van der Waals surface area contributed by atoms with Gasteiger partial charge in [0.25, 0.3) is 5.91 Å². The van der Waals surface area contributed by atoms with Crippen LogP contribution in [0.15, 0.2) is 46.1 Å². The van der Waals surface area contributed by atoms with Crippen LogP contribution in [0.3, 0.4) is 0 Å². The van der Waals surface area contributed by atoms with Crippen LogP contribution in [0.2, 0.25) is 0 Å². The Balaban J connectivity index is 2.37. The SMILES string of the molecule is C=CCNC(=O)c1cc2ccc(OC(=O)CC)cc2oc1=O. The first-order chi connectivity index (χ1) is 10.5. The lowest BCUT2D eigenvalue weighted by molar-refractivity contribution is -0.134. The van der Waals surface area contributed by atoms with Crippen LogP contribution >= 0.6 is 0 Å². The first-order valence-corrected chi connectivity index (χ1v) is 6.72. The molecular formula is C16H15NO5. The molecule has 0 atom stereocenters. The molecule has 2 rings (SSSR count). The van der Waals surface area contributed by atoms with Crippen molar-refractivity contribution >= 4 is 22.8 Å². The zero-order chi connectivity index (χ0) is 16.1. The topological polar surface area (TPSA) is 85.6 Å². The molecule has 0 bridgehead atoms. The van der Waals surface area contributed by atoms with Gasteiger partial charge in [0.15, 0.2) is 0 Å². The molecule has 1 N–H and O–H groups in total. The fourth-order valence-electron chi connectivity index (χ4n) is 1.78. The largest absolute Gasteiger partial charge is 0.426 e. The number of benzene rings is 1. The number of amides is 1. The minimum Gasteiger partial charge on any atom is -0.426 e. The maximum absolute atomic E-state index is 11.9. The highest BCUT2D eigenvalue weighted by Crippen LogP contribution is 2.21. The van der Waals surface area contributed by atoms with E-state index in [2.05, 4.69) is 11.9 Å². The van der Waals surface area contributed by atoms with E-state index in [-0.39, 0.29) is 35.8 Å². The van der Waals surface area contributed by atoms with E-state index in [1.54, 1.807) is 19.1 Å². The van der Waals surface area contributed by atoms with Gasteiger partial charge in [-0.25, -0.2) is 4.79 Å². The number of hydrogen-bond donors (Lipinski definition) is 1. The van der Waals surface area contributed by atoms with Gasteiger partial charge < -0.3 is 14.5 Å². The molecule has 114 valence electrons. The van der Waals surface area contributed by atoms with Crippen molar-refractivity contribution in [2.45, 2.75) is 13.3 Å². The third-order valence-electron chi connectivity index (χ3n) is 2.88. The van der Waals surface area contributed by atoms with Crippen LogP contribution in [0.5, 0.6) is 5.75 Å². The van der Waals surface area contributed by atoms with Crippen molar-refractivity contribution in [3.63, 3.8) is 0 Å². The van der Waals surface area contributed by atoms with Crippen LogP contribution in [-0.4, -0.2) is 18.4 Å². The summed E-state index contributed by atoms with van der Waals surface area (Å²) in [6.07, 6.45) is 1.75. The van der Waals surface area contributed by atoms with Gasteiger partial charge in [-0.3, -0.25) is 9.59 Å². The summed E-state index contributed by atoms with van der Waals surface area (Å²) in [6.45, 7) is 5.41. The van der Waals surface area contributed by atoms with E-state index in [1.807, 2.05) is 0 Å². The van der Waals surface area contributed by atoms with Crippen molar-refractivity contribution in [2.75, 3.05) is 6.54 Å². The monoisotopic (exact) mass is 301 g/mol. The summed E-state index contributed by atoms with van der Waals surface area (Å²) in [5.41, 5.74) is -0.604. The molecule has 1 aromatic heterocycles. The van der Waals surface area contributed by atoms with Crippen molar-refractivity contribution in [2.24, 2.45) is 0 Å². The molecule has 0 saturated carbocycles. The second kappa shape index (κ2) is 6.71. The molecule has 0 aliphatic rings. The first kappa shape index (κ1) is 15.5. The third-order valence-corrected chi connectivity index (χ3v) is 2.88. The van der Waals surface area contributed by atoms with E-state index in [4.69, 9.17) is 9.15 Å². The van der Waals surface area contributed by atoms with E-state index in [9.17, 15) is 14.4 Å². The molecule has 0 saturated heterocycles. The van der Waals surface area contributed by atoms with Gasteiger partial charge in [0, 0.05) is 24.4 Å². The van der Waals surface area contributed by atoms with Crippen LogP contribution in [0.25, 0.3) is 11.0 Å². The van der Waals surface area contributed by atoms with E-state index in [1.165, 1.54) is 18.2 Å². The Morgan fingerprint density at radius 2 is 2.14 bits per heavy atom. The number of carbonyl (C=O) groups excluding carboxylic acids is 2. The number of ether oxygens (including phenoxy) is 1. The first-order valence-electron chi connectivity index (χ1n) is 6.72. The Morgan fingerprint density at radius 1 is 1.36 bits per heavy atom. The molecule has 6 heteroatoms. The van der Waals surface area contributed by atoms with Crippen molar-refractivity contribution in [1.29, 1.82) is 0 Å². The second-order valence-electron chi connectivity index (χ2n) is 4.47. The van der Waals surface area contributed by atoms with Gasteiger partial charge >= 0.3 is 11.6 Å². The van der Waals surface area contributed by atoms with Gasteiger partial charge in [-0.05, 0) is 18.2 Å². The average Bonchev–Trinajstić information content (AvgIpc) is 2.51. The third kappa shape index (κ3) is 3.41. The zero-order valence-corrected chi connectivity index (χ0v) is 12.0. The lowest BCUT2D eigenvalue weighted by Gasteiger charge is -2.05. The quantitative estimate of drug-likeness (QED) is 0.395. The van der Waals surface area contributed by atoms with Crippen molar-refractivity contribution in [1.82, 2.24) is 5.32 Å². The second-order valence-corrected chi connectivity index (χ2v) is 4.47. The van der Waals surface area contributed by atoms with Crippen LogP contribution < -0.4 is 15.7 Å². The Bertz CT molecular complexity index is 791. The fourth-order valence-corrected chi connectivity index (χ4v) is 1.78. The molecule has 1 amide bonds. The fraction of sp³-hybridized carbons (Fsp3) is 0.188. The maximum atomic E-state index is 11.9. The molecule has 6 nitrogen and oxygen atoms in total. The Labute approximate surface area is 126 Å². The molecule has 0 fully saturated rings. The number of rotatable bonds is 5. The number of fused-ring (bicyclic) bond motifs is 1. The smallest absolute Gasteiger partial charge is 0.349 e. The van der Waals surface area contributed by atoms with Crippen molar-refractivity contribution < 1.29 is 18.7 Å². The molecule has 1 heterocycles. The van der Waals surface area contributed by atoms with Gasteiger partial charge in [-0.2, -0.15) is 0 Å². The predicted octanol–water partition coefficient (Wildman–Crippen LogP) is 2.02. The van der Waals surface area contributed by atoms with Gasteiger partial charge in [0.05, 0.1) is 0 Å². The van der Waals surface area contributed by atoms with E-state index >= 15 is 0 Å². The number of esters is 1. The molecule has 0 aliphatic carbocycles. The zero-order valence-electron chi connectivity index (χ0n) is 12.0. The predicted molar refractivity (Wildman–Crippen MR) is 80.9 cm³/mol. The van der Waals surface area contributed by atoms with Crippen molar-refractivity contribution in [3.8, 4) is 5.75 Å². The molecule has 1 aromatic carbocycles. The number of nitrogens with one attached hydrogen (secondary N) is 1. The summed E-state index contributed by atoms with van der Waals surface area (Å²) < 4.78 is 10.2. The highest BCUT2D eigenvalue weighted by atomic mass is 16.5. The summed E-state index contributed by atoms with van der Waals surface area (Å²) in [7, 11) is 0.